The smallest absolute Gasteiger partial charge is 0.290 e. The normalized spacial score (nSPS) is 18.3. The highest BCUT2D eigenvalue weighted by Crippen LogP contribution is 2.18. The number of rotatable bonds is 8. The molecule has 3 aromatic rings. The lowest BCUT2D eigenvalue weighted by molar-refractivity contribution is -0.122. The molecule has 2 aliphatic rings. The van der Waals surface area contributed by atoms with Gasteiger partial charge < -0.3 is 25.6 Å². The minimum absolute atomic E-state index is 0.0648. The van der Waals surface area contributed by atoms with Crippen LogP contribution in [0, 0.1) is 6.92 Å². The Hall–Kier alpha value is -3.27. The number of aliphatic hydroxyl groups is 1. The molecule has 2 fully saturated rings. The van der Waals surface area contributed by atoms with E-state index in [9.17, 15) is 0 Å². The van der Waals surface area contributed by atoms with E-state index in [2.05, 4.69) is 88.0 Å². The molecule has 230 valence electrons. The van der Waals surface area contributed by atoms with Crippen LogP contribution >= 0.6 is 0 Å². The van der Waals surface area contributed by atoms with Gasteiger partial charge >= 0.3 is 0 Å². The van der Waals surface area contributed by atoms with Gasteiger partial charge in [-0.3, -0.25) is 14.6 Å². The number of benzene rings is 3. The predicted molar refractivity (Wildman–Crippen MR) is 171 cm³/mol. The third-order valence-electron chi connectivity index (χ3n) is 7.18. The third-order valence-corrected chi connectivity index (χ3v) is 7.18. The van der Waals surface area contributed by atoms with Gasteiger partial charge in [-0.05, 0) is 63.2 Å². The van der Waals surface area contributed by atoms with Crippen LogP contribution in [-0.4, -0.2) is 92.1 Å². The zero-order chi connectivity index (χ0) is 30.4. The Labute approximate surface area is 252 Å². The van der Waals surface area contributed by atoms with E-state index in [1.54, 1.807) is 7.11 Å². The zero-order valence-corrected chi connectivity index (χ0v) is 25.5. The molecule has 8 heteroatoms. The number of nitrogens with zero attached hydrogens (tertiary/aromatic N) is 2. The van der Waals surface area contributed by atoms with Crippen LogP contribution in [0.5, 0.6) is 5.75 Å². The first-order valence-electron chi connectivity index (χ1n) is 14.7. The number of β-amino-alcohol motifs (C(OH)–C–C–N with tert-alkyl or cyclic N) is 1. The first-order valence-corrected chi connectivity index (χ1v) is 14.7. The first-order chi connectivity index (χ1) is 20.5. The molecular formula is C34H50N4O4. The van der Waals surface area contributed by atoms with E-state index >= 15 is 0 Å². The number of nitrogens with one attached hydrogen (secondary N) is 2. The quantitative estimate of drug-likeness (QED) is 0.298. The topological polar surface area (TPSA) is 97.3 Å². The van der Waals surface area contributed by atoms with E-state index < -0.39 is 0 Å². The summed E-state index contributed by atoms with van der Waals surface area (Å²) < 4.78 is 4.97. The lowest BCUT2D eigenvalue weighted by atomic mass is 10.1. The van der Waals surface area contributed by atoms with Crippen LogP contribution < -0.4 is 15.4 Å². The molecule has 2 unspecified atom stereocenters. The second-order valence-electron chi connectivity index (χ2n) is 10.5. The Morgan fingerprint density at radius 3 is 2.02 bits per heavy atom. The molecule has 0 aromatic heterocycles. The minimum Gasteiger partial charge on any atom is -0.497 e. The van der Waals surface area contributed by atoms with Crippen LogP contribution in [0.4, 0.5) is 0 Å². The van der Waals surface area contributed by atoms with Crippen molar-refractivity contribution in [2.24, 2.45) is 0 Å². The van der Waals surface area contributed by atoms with Crippen molar-refractivity contribution in [3.8, 4) is 5.75 Å². The second-order valence-corrected chi connectivity index (χ2v) is 10.5. The predicted octanol–water partition coefficient (Wildman–Crippen LogP) is 4.03. The van der Waals surface area contributed by atoms with Crippen molar-refractivity contribution in [2.45, 2.75) is 45.0 Å². The van der Waals surface area contributed by atoms with Crippen molar-refractivity contribution in [3.63, 3.8) is 0 Å². The molecule has 0 amide bonds. The van der Waals surface area contributed by atoms with E-state index in [-0.39, 0.29) is 12.6 Å². The van der Waals surface area contributed by atoms with Gasteiger partial charge in [-0.15, -0.1) is 0 Å². The van der Waals surface area contributed by atoms with E-state index in [4.69, 9.17) is 19.7 Å². The maximum Gasteiger partial charge on any atom is 0.290 e. The molecule has 0 spiro atoms. The number of hydrogen-bond donors (Lipinski definition) is 4. The first kappa shape index (κ1) is 34.9. The Morgan fingerprint density at radius 2 is 1.55 bits per heavy atom. The third kappa shape index (κ3) is 14.6. The summed E-state index contributed by atoms with van der Waals surface area (Å²) in [5, 5.41) is 21.9. The summed E-state index contributed by atoms with van der Waals surface area (Å²) in [7, 11) is 3.72. The highest BCUT2D eigenvalue weighted by molar-refractivity contribution is 5.32. The summed E-state index contributed by atoms with van der Waals surface area (Å²) in [4.78, 5) is 13.6. The van der Waals surface area contributed by atoms with Gasteiger partial charge in [0.1, 0.15) is 5.75 Å². The van der Waals surface area contributed by atoms with Crippen molar-refractivity contribution in [1.82, 2.24) is 20.4 Å². The van der Waals surface area contributed by atoms with Crippen molar-refractivity contribution in [3.05, 3.63) is 102 Å². The largest absolute Gasteiger partial charge is 0.497 e. The maximum absolute atomic E-state index is 8.67. The lowest BCUT2D eigenvalue weighted by Crippen LogP contribution is -2.52. The second kappa shape index (κ2) is 21.4. The number of aliphatic hydroxyl groups excluding tert-OH is 1. The van der Waals surface area contributed by atoms with E-state index in [0.717, 1.165) is 64.5 Å². The Kier molecular flexibility index (Phi) is 17.8. The van der Waals surface area contributed by atoms with Gasteiger partial charge in [0.2, 0.25) is 0 Å². The fourth-order valence-corrected chi connectivity index (χ4v) is 4.87. The highest BCUT2D eigenvalue weighted by Gasteiger charge is 2.26. The molecule has 0 bridgehead atoms. The molecule has 8 nitrogen and oxygen atoms in total. The van der Waals surface area contributed by atoms with Crippen LogP contribution in [0.25, 0.3) is 0 Å². The molecule has 0 radical (unpaired) electrons. The van der Waals surface area contributed by atoms with Gasteiger partial charge in [0.25, 0.3) is 6.47 Å². The molecule has 42 heavy (non-hydrogen) atoms. The average molecular weight is 579 g/mol. The molecule has 3 aromatic carbocycles. The average Bonchev–Trinajstić information content (AvgIpc) is 3.50. The van der Waals surface area contributed by atoms with Gasteiger partial charge in [0.15, 0.2) is 0 Å². The van der Waals surface area contributed by atoms with Crippen LogP contribution in [0.3, 0.4) is 0 Å². The van der Waals surface area contributed by atoms with E-state index in [1.807, 2.05) is 31.3 Å². The minimum atomic E-state index is -0.250. The Morgan fingerprint density at radius 1 is 0.952 bits per heavy atom. The molecule has 0 aliphatic carbocycles. The standard InChI is InChI=1S/C21H29N3.C8H10O.C4H9NO.CH2O2/c1-22-13-12-21-18-23(16-19-8-4-2-5-9-19)14-15-24(21)17-20-10-6-3-7-11-20;1-7-3-5-8(9-2)6-4-7;6-4-1-2-5-3-4;2-1-3/h2-11,21-22H,12-18H2,1H3;3-6H,1-2H3;4-6H,1-3H2;1H,(H,2,3). The number of carbonyl (C=O) groups is 1. The number of methoxy groups -OCH3 is 1. The summed E-state index contributed by atoms with van der Waals surface area (Å²) in [5.74, 6) is 0.917. The fourth-order valence-electron chi connectivity index (χ4n) is 4.87. The van der Waals surface area contributed by atoms with Crippen LogP contribution in [0.15, 0.2) is 84.9 Å². The van der Waals surface area contributed by atoms with Crippen molar-refractivity contribution >= 4 is 6.47 Å². The van der Waals surface area contributed by atoms with Crippen molar-refractivity contribution in [1.29, 1.82) is 0 Å². The summed E-state index contributed by atoms with van der Waals surface area (Å²) >= 11 is 0. The summed E-state index contributed by atoms with van der Waals surface area (Å²) in [6.07, 6.45) is 2.07. The number of aryl methyl sites for hydroxylation is 1. The van der Waals surface area contributed by atoms with Gasteiger partial charge in [-0.25, -0.2) is 0 Å². The Bertz CT molecular complexity index is 1060. The zero-order valence-electron chi connectivity index (χ0n) is 25.5. The maximum atomic E-state index is 8.67. The monoisotopic (exact) mass is 578 g/mol. The number of piperazine rings is 1. The van der Waals surface area contributed by atoms with E-state index in [1.165, 1.54) is 23.1 Å². The fraction of sp³-hybridized carbons (Fsp3) is 0.441. The van der Waals surface area contributed by atoms with E-state index in [0.29, 0.717) is 6.04 Å². The summed E-state index contributed by atoms with van der Waals surface area (Å²) in [5.41, 5.74) is 4.10. The van der Waals surface area contributed by atoms with Gasteiger partial charge in [0, 0.05) is 45.3 Å². The highest BCUT2D eigenvalue weighted by atomic mass is 16.5. The molecule has 2 heterocycles. The summed E-state index contributed by atoms with van der Waals surface area (Å²) in [6.45, 7) is 10.2. The van der Waals surface area contributed by atoms with Gasteiger partial charge in [-0.2, -0.15) is 0 Å². The molecular weight excluding hydrogens is 528 g/mol. The van der Waals surface area contributed by atoms with Crippen molar-refractivity contribution in [2.75, 3.05) is 53.4 Å². The van der Waals surface area contributed by atoms with Crippen LogP contribution in [-0.2, 0) is 17.9 Å². The molecule has 4 N–H and O–H groups in total. The van der Waals surface area contributed by atoms with Crippen molar-refractivity contribution < 1.29 is 19.7 Å². The molecule has 0 saturated carbocycles. The molecule has 2 aliphatic heterocycles. The van der Waals surface area contributed by atoms with Crippen LogP contribution in [0.2, 0.25) is 0 Å². The van der Waals surface area contributed by atoms with Crippen LogP contribution in [0.1, 0.15) is 29.5 Å². The Balaban J connectivity index is 0.000000277. The lowest BCUT2D eigenvalue weighted by Gasteiger charge is -2.41. The SMILES string of the molecule is CNCCC1CN(Cc2ccccc2)CCN1Cc1ccccc1.COc1ccc(C)cc1.O=CO.OC1CCNC1. The van der Waals surface area contributed by atoms with Gasteiger partial charge in [0.05, 0.1) is 13.2 Å². The molecule has 5 rings (SSSR count). The number of hydrogen-bond acceptors (Lipinski definition) is 7. The summed E-state index contributed by atoms with van der Waals surface area (Å²) in [6, 6.07) is 30.3. The molecule has 2 atom stereocenters. The molecule has 2 saturated heterocycles. The number of ether oxygens (including phenoxy) is 1. The number of carboxylic acid groups (broad SMARTS) is 1. The van der Waals surface area contributed by atoms with Gasteiger partial charge in [-0.1, -0.05) is 78.4 Å².